The minimum Gasteiger partial charge on any atom is -0.383 e. The first-order chi connectivity index (χ1) is 8.71. The Kier molecular flexibility index (Phi) is 3.54. The Morgan fingerprint density at radius 3 is 2.26 bits per heavy atom. The van der Waals surface area contributed by atoms with E-state index in [1.165, 1.54) is 0 Å². The smallest absolute Gasteiger partial charge is 0.131 e. The van der Waals surface area contributed by atoms with Crippen molar-refractivity contribution in [3.63, 3.8) is 0 Å². The SMILES string of the molecule is Cn1c(C(C)(C)C)nc(-c2ccc(Cl)c(Cl)c2)c1N. The first-order valence-electron chi connectivity index (χ1n) is 6.00. The molecule has 0 amide bonds. The van der Waals surface area contributed by atoms with Gasteiger partial charge >= 0.3 is 0 Å². The third kappa shape index (κ3) is 2.58. The molecule has 0 unspecified atom stereocenters. The number of anilines is 1. The van der Waals surface area contributed by atoms with E-state index in [4.69, 9.17) is 28.9 Å². The van der Waals surface area contributed by atoms with Crippen LogP contribution in [0.25, 0.3) is 11.3 Å². The normalized spacial score (nSPS) is 11.9. The monoisotopic (exact) mass is 297 g/mol. The van der Waals surface area contributed by atoms with Crippen LogP contribution >= 0.6 is 23.2 Å². The molecule has 0 aliphatic carbocycles. The Balaban J connectivity index is 2.60. The van der Waals surface area contributed by atoms with Crippen LogP contribution in [0, 0.1) is 0 Å². The molecule has 0 saturated heterocycles. The molecule has 0 fully saturated rings. The summed E-state index contributed by atoms with van der Waals surface area (Å²) in [5.74, 6) is 1.56. The lowest BCUT2D eigenvalue weighted by atomic mass is 9.96. The van der Waals surface area contributed by atoms with Crippen molar-refractivity contribution in [2.75, 3.05) is 5.73 Å². The molecule has 5 heteroatoms. The number of halogens is 2. The zero-order valence-corrected chi connectivity index (χ0v) is 13.0. The molecule has 19 heavy (non-hydrogen) atoms. The summed E-state index contributed by atoms with van der Waals surface area (Å²) >= 11 is 12.0. The first-order valence-corrected chi connectivity index (χ1v) is 6.75. The second kappa shape index (κ2) is 4.73. The van der Waals surface area contributed by atoms with Crippen LogP contribution in [0.2, 0.25) is 10.0 Å². The third-order valence-electron chi connectivity index (χ3n) is 3.00. The average Bonchev–Trinajstić information content (AvgIpc) is 2.60. The Morgan fingerprint density at radius 2 is 1.79 bits per heavy atom. The second-order valence-electron chi connectivity index (χ2n) is 5.61. The molecule has 0 aliphatic heterocycles. The summed E-state index contributed by atoms with van der Waals surface area (Å²) in [6.45, 7) is 6.31. The average molecular weight is 298 g/mol. The van der Waals surface area contributed by atoms with E-state index in [0.717, 1.165) is 17.1 Å². The maximum Gasteiger partial charge on any atom is 0.131 e. The van der Waals surface area contributed by atoms with Gasteiger partial charge in [0.2, 0.25) is 0 Å². The van der Waals surface area contributed by atoms with Crippen LogP contribution < -0.4 is 5.73 Å². The van der Waals surface area contributed by atoms with E-state index in [9.17, 15) is 0 Å². The summed E-state index contributed by atoms with van der Waals surface area (Å²) in [6, 6.07) is 5.42. The van der Waals surface area contributed by atoms with Gasteiger partial charge in [-0.15, -0.1) is 0 Å². The molecule has 1 aromatic heterocycles. The van der Waals surface area contributed by atoms with Crippen molar-refractivity contribution in [3.05, 3.63) is 34.1 Å². The summed E-state index contributed by atoms with van der Waals surface area (Å²) in [5, 5.41) is 1.03. The molecule has 102 valence electrons. The van der Waals surface area contributed by atoms with Crippen molar-refractivity contribution in [1.82, 2.24) is 9.55 Å². The van der Waals surface area contributed by atoms with Crippen molar-refractivity contribution in [3.8, 4) is 11.3 Å². The number of hydrogen-bond acceptors (Lipinski definition) is 2. The maximum absolute atomic E-state index is 6.14. The Bertz CT molecular complexity index is 624. The molecule has 2 rings (SSSR count). The van der Waals surface area contributed by atoms with E-state index >= 15 is 0 Å². The highest BCUT2D eigenvalue weighted by Gasteiger charge is 2.23. The number of rotatable bonds is 1. The number of hydrogen-bond donors (Lipinski definition) is 1. The lowest BCUT2D eigenvalue weighted by Gasteiger charge is -2.17. The molecule has 1 heterocycles. The van der Waals surface area contributed by atoms with Gasteiger partial charge in [0.05, 0.1) is 10.0 Å². The fraction of sp³-hybridized carbons (Fsp3) is 0.357. The molecule has 0 aliphatic rings. The number of aromatic nitrogens is 2. The van der Waals surface area contributed by atoms with Gasteiger partial charge in [-0.25, -0.2) is 4.98 Å². The van der Waals surface area contributed by atoms with Crippen molar-refractivity contribution in [2.24, 2.45) is 7.05 Å². The molecule has 0 atom stereocenters. The van der Waals surface area contributed by atoms with Crippen LogP contribution in [-0.4, -0.2) is 9.55 Å². The largest absolute Gasteiger partial charge is 0.383 e. The summed E-state index contributed by atoms with van der Waals surface area (Å²) < 4.78 is 1.91. The van der Waals surface area contributed by atoms with Gasteiger partial charge in [0.15, 0.2) is 0 Å². The molecule has 1 aromatic carbocycles. The van der Waals surface area contributed by atoms with Crippen molar-refractivity contribution in [2.45, 2.75) is 26.2 Å². The molecule has 3 nitrogen and oxygen atoms in total. The van der Waals surface area contributed by atoms with E-state index in [1.54, 1.807) is 12.1 Å². The second-order valence-corrected chi connectivity index (χ2v) is 6.42. The summed E-state index contributed by atoms with van der Waals surface area (Å²) in [5.41, 5.74) is 7.69. The number of imidazole rings is 1. The van der Waals surface area contributed by atoms with Crippen LogP contribution in [-0.2, 0) is 12.5 Å². The predicted molar refractivity (Wildman–Crippen MR) is 81.8 cm³/mol. The van der Waals surface area contributed by atoms with Crippen LogP contribution in [0.3, 0.4) is 0 Å². The fourth-order valence-corrected chi connectivity index (χ4v) is 2.34. The zero-order chi connectivity index (χ0) is 14.4. The highest BCUT2D eigenvalue weighted by molar-refractivity contribution is 6.42. The van der Waals surface area contributed by atoms with Gasteiger partial charge in [-0.3, -0.25) is 0 Å². The highest BCUT2D eigenvalue weighted by Crippen LogP contribution is 2.33. The van der Waals surface area contributed by atoms with E-state index < -0.39 is 0 Å². The predicted octanol–water partition coefficient (Wildman–Crippen LogP) is 4.27. The summed E-state index contributed by atoms with van der Waals surface area (Å²) in [6.07, 6.45) is 0. The lowest BCUT2D eigenvalue weighted by molar-refractivity contribution is 0.524. The third-order valence-corrected chi connectivity index (χ3v) is 3.74. The van der Waals surface area contributed by atoms with Crippen LogP contribution in [0.4, 0.5) is 5.82 Å². The molecule has 0 bridgehead atoms. The molecular formula is C14H17Cl2N3. The maximum atomic E-state index is 6.14. The quantitative estimate of drug-likeness (QED) is 0.854. The Hall–Kier alpha value is -1.19. The van der Waals surface area contributed by atoms with Gasteiger partial charge in [-0.2, -0.15) is 0 Å². The van der Waals surface area contributed by atoms with E-state index in [-0.39, 0.29) is 5.41 Å². The molecular weight excluding hydrogens is 281 g/mol. The molecule has 2 aromatic rings. The molecule has 2 N–H and O–H groups in total. The molecule has 0 radical (unpaired) electrons. The minimum atomic E-state index is -0.0721. The van der Waals surface area contributed by atoms with Crippen molar-refractivity contribution < 1.29 is 0 Å². The van der Waals surface area contributed by atoms with Crippen molar-refractivity contribution >= 4 is 29.0 Å². The zero-order valence-electron chi connectivity index (χ0n) is 11.5. The van der Waals surface area contributed by atoms with Crippen molar-refractivity contribution in [1.29, 1.82) is 0 Å². The van der Waals surface area contributed by atoms with Gasteiger partial charge in [0.25, 0.3) is 0 Å². The fourth-order valence-electron chi connectivity index (χ4n) is 2.04. The summed E-state index contributed by atoms with van der Waals surface area (Å²) in [4.78, 5) is 4.66. The standard InChI is InChI=1S/C14H17Cl2N3/c1-14(2,3)13-18-11(12(17)19(13)4)8-5-6-9(15)10(16)7-8/h5-7H,17H2,1-4H3. The van der Waals surface area contributed by atoms with Gasteiger partial charge in [0, 0.05) is 18.0 Å². The van der Waals surface area contributed by atoms with Crippen LogP contribution in [0.1, 0.15) is 26.6 Å². The first kappa shape index (κ1) is 14.2. The minimum absolute atomic E-state index is 0.0721. The van der Waals surface area contributed by atoms with Crippen LogP contribution in [0.5, 0.6) is 0 Å². The van der Waals surface area contributed by atoms with Gasteiger partial charge < -0.3 is 10.3 Å². The number of benzene rings is 1. The van der Waals surface area contributed by atoms with E-state index in [0.29, 0.717) is 15.9 Å². The topological polar surface area (TPSA) is 43.8 Å². The Labute approximate surface area is 123 Å². The number of nitrogen functional groups attached to an aromatic ring is 1. The van der Waals surface area contributed by atoms with E-state index in [2.05, 4.69) is 25.8 Å². The Morgan fingerprint density at radius 1 is 1.16 bits per heavy atom. The van der Waals surface area contributed by atoms with Gasteiger partial charge in [-0.05, 0) is 12.1 Å². The summed E-state index contributed by atoms with van der Waals surface area (Å²) in [7, 11) is 1.92. The number of nitrogens with zero attached hydrogens (tertiary/aromatic N) is 2. The molecule has 0 saturated carbocycles. The molecule has 0 spiro atoms. The lowest BCUT2D eigenvalue weighted by Crippen LogP contribution is -2.17. The van der Waals surface area contributed by atoms with Gasteiger partial charge in [0.1, 0.15) is 17.3 Å². The number of nitrogens with two attached hydrogens (primary N) is 1. The highest BCUT2D eigenvalue weighted by atomic mass is 35.5. The van der Waals surface area contributed by atoms with Crippen LogP contribution in [0.15, 0.2) is 18.2 Å². The van der Waals surface area contributed by atoms with E-state index in [1.807, 2.05) is 17.7 Å². The van der Waals surface area contributed by atoms with Gasteiger partial charge in [-0.1, -0.05) is 50.0 Å².